The van der Waals surface area contributed by atoms with E-state index in [1.807, 2.05) is 0 Å². The largest absolute Gasteiger partial charge is 0.347 e. The molecule has 0 amide bonds. The molecule has 0 bridgehead atoms. The van der Waals surface area contributed by atoms with Crippen molar-refractivity contribution in [3.05, 3.63) is 5.82 Å². The van der Waals surface area contributed by atoms with Gasteiger partial charge < -0.3 is 4.90 Å². The van der Waals surface area contributed by atoms with E-state index in [1.165, 1.54) is 24.4 Å². The fourth-order valence-electron chi connectivity index (χ4n) is 1.95. The quantitative estimate of drug-likeness (QED) is 0.781. The Labute approximate surface area is 106 Å². The number of hydrogen-bond acceptors (Lipinski definition) is 4. The van der Waals surface area contributed by atoms with E-state index in [-0.39, 0.29) is 0 Å². The Morgan fingerprint density at radius 1 is 1.56 bits per heavy atom. The summed E-state index contributed by atoms with van der Waals surface area (Å²) in [5.74, 6) is 2.75. The van der Waals surface area contributed by atoms with Crippen LogP contribution in [0.15, 0.2) is 0 Å². The molecule has 1 aromatic heterocycles. The van der Waals surface area contributed by atoms with Crippen LogP contribution in [0.4, 0.5) is 5.13 Å². The third kappa shape index (κ3) is 2.66. The number of rotatable bonds is 3. The highest BCUT2D eigenvalue weighted by molar-refractivity contribution is 7.09. The number of hydrogen-bond donors (Lipinski definition) is 0. The maximum absolute atomic E-state index is 5.93. The number of piperidine rings is 1. The molecule has 90 valence electrons. The summed E-state index contributed by atoms with van der Waals surface area (Å²) in [6.07, 6.45) is 2.46. The molecular formula is C11H18ClN3S. The second-order valence-corrected chi connectivity index (χ2v) is 5.74. The normalized spacial score (nSPS) is 21.8. The van der Waals surface area contributed by atoms with Crippen molar-refractivity contribution >= 4 is 28.3 Å². The third-order valence-corrected chi connectivity index (χ3v) is 4.18. The summed E-state index contributed by atoms with van der Waals surface area (Å²) >= 11 is 7.45. The highest BCUT2D eigenvalue weighted by Gasteiger charge is 2.22. The minimum Gasteiger partial charge on any atom is -0.347 e. The van der Waals surface area contributed by atoms with Crippen molar-refractivity contribution in [2.24, 2.45) is 5.92 Å². The lowest BCUT2D eigenvalue weighted by atomic mass is 10.0. The van der Waals surface area contributed by atoms with Gasteiger partial charge in [0.15, 0.2) is 0 Å². The molecule has 1 aliphatic heterocycles. The Morgan fingerprint density at radius 3 is 3.00 bits per heavy atom. The van der Waals surface area contributed by atoms with E-state index in [9.17, 15) is 0 Å². The van der Waals surface area contributed by atoms with Gasteiger partial charge in [-0.15, -0.1) is 11.6 Å². The molecule has 0 saturated carbocycles. The first-order chi connectivity index (χ1) is 7.70. The van der Waals surface area contributed by atoms with Crippen LogP contribution in [-0.4, -0.2) is 28.3 Å². The van der Waals surface area contributed by atoms with Crippen LogP contribution in [0.3, 0.4) is 0 Å². The van der Waals surface area contributed by atoms with E-state index < -0.39 is 0 Å². The summed E-state index contributed by atoms with van der Waals surface area (Å²) in [5, 5.41) is 1.07. The first-order valence-electron chi connectivity index (χ1n) is 5.85. The zero-order chi connectivity index (χ0) is 11.5. The van der Waals surface area contributed by atoms with Crippen molar-refractivity contribution in [2.75, 3.05) is 23.9 Å². The maximum atomic E-state index is 5.93. The van der Waals surface area contributed by atoms with Crippen LogP contribution in [0.5, 0.6) is 0 Å². The van der Waals surface area contributed by atoms with E-state index in [0.29, 0.717) is 11.8 Å². The van der Waals surface area contributed by atoms with Gasteiger partial charge in [-0.3, -0.25) is 0 Å². The van der Waals surface area contributed by atoms with Crippen molar-refractivity contribution in [1.82, 2.24) is 9.36 Å². The van der Waals surface area contributed by atoms with Crippen molar-refractivity contribution in [3.8, 4) is 0 Å². The Kier molecular flexibility index (Phi) is 4.03. The number of alkyl halides is 1. The molecule has 0 spiro atoms. The van der Waals surface area contributed by atoms with Gasteiger partial charge in [0, 0.05) is 36.4 Å². The summed E-state index contributed by atoms with van der Waals surface area (Å²) in [4.78, 5) is 6.93. The molecule has 2 heterocycles. The van der Waals surface area contributed by atoms with E-state index in [4.69, 9.17) is 11.6 Å². The minimum absolute atomic E-state index is 0.415. The smallest absolute Gasteiger partial charge is 0.205 e. The zero-order valence-corrected chi connectivity index (χ0v) is 11.4. The van der Waals surface area contributed by atoms with Crippen molar-refractivity contribution in [2.45, 2.75) is 32.6 Å². The Morgan fingerprint density at radius 2 is 2.38 bits per heavy atom. The highest BCUT2D eigenvalue weighted by Crippen LogP contribution is 2.26. The van der Waals surface area contributed by atoms with Gasteiger partial charge in [0.25, 0.3) is 0 Å². The Balaban J connectivity index is 2.05. The molecule has 1 atom stereocenters. The average molecular weight is 260 g/mol. The summed E-state index contributed by atoms with van der Waals surface area (Å²) < 4.78 is 4.40. The van der Waals surface area contributed by atoms with Crippen LogP contribution < -0.4 is 4.90 Å². The van der Waals surface area contributed by atoms with Crippen molar-refractivity contribution in [3.63, 3.8) is 0 Å². The molecule has 1 aromatic rings. The molecule has 16 heavy (non-hydrogen) atoms. The topological polar surface area (TPSA) is 29.0 Å². The predicted octanol–water partition coefficient (Wildman–Crippen LogP) is 3.12. The van der Waals surface area contributed by atoms with Crippen molar-refractivity contribution in [1.29, 1.82) is 0 Å². The second kappa shape index (κ2) is 5.32. The molecule has 1 saturated heterocycles. The molecule has 1 unspecified atom stereocenters. The average Bonchev–Trinajstić information content (AvgIpc) is 2.78. The van der Waals surface area contributed by atoms with Crippen LogP contribution >= 0.6 is 23.1 Å². The van der Waals surface area contributed by atoms with E-state index in [1.54, 1.807) is 0 Å². The van der Waals surface area contributed by atoms with Gasteiger partial charge >= 0.3 is 0 Å². The number of nitrogens with zero attached hydrogens (tertiary/aromatic N) is 3. The van der Waals surface area contributed by atoms with Gasteiger partial charge in [0.05, 0.1) is 0 Å². The highest BCUT2D eigenvalue weighted by atomic mass is 35.5. The van der Waals surface area contributed by atoms with Crippen LogP contribution in [0.1, 0.15) is 38.4 Å². The maximum Gasteiger partial charge on any atom is 0.205 e. The summed E-state index contributed by atoms with van der Waals surface area (Å²) in [7, 11) is 0. The molecular weight excluding hydrogens is 242 g/mol. The number of halogens is 1. The molecule has 0 aliphatic carbocycles. The third-order valence-electron chi connectivity index (χ3n) is 2.96. The van der Waals surface area contributed by atoms with Gasteiger partial charge in [-0.2, -0.15) is 4.37 Å². The van der Waals surface area contributed by atoms with E-state index >= 15 is 0 Å². The lowest BCUT2D eigenvalue weighted by Crippen LogP contribution is -2.36. The van der Waals surface area contributed by atoms with Gasteiger partial charge in [-0.05, 0) is 18.8 Å². The first-order valence-corrected chi connectivity index (χ1v) is 7.16. The van der Waals surface area contributed by atoms with Crippen LogP contribution in [0.25, 0.3) is 0 Å². The Hall–Kier alpha value is -0.350. The lowest BCUT2D eigenvalue weighted by molar-refractivity contribution is 0.450. The summed E-state index contributed by atoms with van der Waals surface area (Å²) in [6, 6.07) is 0. The van der Waals surface area contributed by atoms with E-state index in [2.05, 4.69) is 28.1 Å². The second-order valence-electron chi connectivity index (χ2n) is 4.70. The predicted molar refractivity (Wildman–Crippen MR) is 69.7 cm³/mol. The van der Waals surface area contributed by atoms with Crippen molar-refractivity contribution < 1.29 is 0 Å². The SMILES string of the molecule is CC(C)c1nsc(N2CCCC(CCl)C2)n1. The van der Waals surface area contributed by atoms with Gasteiger partial charge in [0.1, 0.15) is 5.82 Å². The molecule has 3 nitrogen and oxygen atoms in total. The monoisotopic (exact) mass is 259 g/mol. The molecule has 5 heteroatoms. The number of anilines is 1. The van der Waals surface area contributed by atoms with Crippen LogP contribution in [0, 0.1) is 5.92 Å². The molecule has 0 radical (unpaired) electrons. The van der Waals surface area contributed by atoms with Crippen LogP contribution in [0.2, 0.25) is 0 Å². The van der Waals surface area contributed by atoms with Gasteiger partial charge in [0.2, 0.25) is 5.13 Å². The molecule has 0 aromatic carbocycles. The number of aromatic nitrogens is 2. The first kappa shape index (κ1) is 12.1. The standard InChI is InChI=1S/C11H18ClN3S/c1-8(2)10-13-11(16-14-10)15-5-3-4-9(6-12)7-15/h8-9H,3-7H2,1-2H3. The molecule has 0 N–H and O–H groups in total. The summed E-state index contributed by atoms with van der Waals surface area (Å²) in [6.45, 7) is 6.39. The van der Waals surface area contributed by atoms with Crippen LogP contribution in [-0.2, 0) is 0 Å². The van der Waals surface area contributed by atoms with E-state index in [0.717, 1.165) is 29.9 Å². The summed E-state index contributed by atoms with van der Waals surface area (Å²) in [5.41, 5.74) is 0. The lowest BCUT2D eigenvalue weighted by Gasteiger charge is -2.31. The molecule has 1 fully saturated rings. The fraction of sp³-hybridized carbons (Fsp3) is 0.818. The fourth-order valence-corrected chi connectivity index (χ4v) is 3.05. The molecule has 2 rings (SSSR count). The Bertz CT molecular complexity index is 340. The minimum atomic E-state index is 0.415. The zero-order valence-electron chi connectivity index (χ0n) is 9.82. The van der Waals surface area contributed by atoms with Gasteiger partial charge in [-0.1, -0.05) is 13.8 Å². The van der Waals surface area contributed by atoms with Gasteiger partial charge in [-0.25, -0.2) is 4.98 Å². The molecule has 1 aliphatic rings.